The number of aromatic amines is 2. The number of fused-ring (bicyclic) bond motifs is 1. The maximum Gasteiger partial charge on any atom is 0.416 e. The fourth-order valence-electron chi connectivity index (χ4n) is 4.62. The van der Waals surface area contributed by atoms with Gasteiger partial charge in [-0.3, -0.25) is 9.59 Å². The molecule has 2 aromatic carbocycles. The molecule has 0 fully saturated rings. The van der Waals surface area contributed by atoms with Crippen LogP contribution in [0.4, 0.5) is 24.5 Å². The highest BCUT2D eigenvalue weighted by Crippen LogP contribution is 2.37. The van der Waals surface area contributed by atoms with Crippen molar-refractivity contribution in [2.45, 2.75) is 26.9 Å². The molecule has 2 aromatic heterocycles. The van der Waals surface area contributed by atoms with Crippen molar-refractivity contribution in [1.82, 2.24) is 15.0 Å². The number of rotatable bonds is 5. The lowest BCUT2D eigenvalue weighted by molar-refractivity contribution is -0.137. The van der Waals surface area contributed by atoms with E-state index < -0.39 is 29.5 Å². The summed E-state index contributed by atoms with van der Waals surface area (Å²) in [6.45, 7) is 4.94. The van der Waals surface area contributed by atoms with Crippen molar-refractivity contribution in [1.29, 1.82) is 0 Å². The molecule has 204 valence electrons. The SMILES string of the molecule is Cc1c[nH]c(-c2cc(C(=O)Nc3ccc4c(c3)NC(=O)C4=Cc3[nH]c(C)c(C(=O)O)c3C)cc(C(F)(F)F)c2)n1. The Morgan fingerprint density at radius 1 is 1.07 bits per heavy atom. The number of nitrogens with zero attached hydrogens (tertiary/aromatic N) is 1. The number of alkyl halides is 3. The molecule has 1 aliphatic heterocycles. The van der Waals surface area contributed by atoms with Gasteiger partial charge in [0, 0.05) is 40.0 Å². The maximum atomic E-state index is 13.6. The molecule has 4 aromatic rings. The van der Waals surface area contributed by atoms with Crippen LogP contribution in [0.5, 0.6) is 0 Å². The predicted molar refractivity (Wildman–Crippen MR) is 142 cm³/mol. The normalized spacial score (nSPS) is 13.8. The molecular weight excluding hydrogens is 527 g/mol. The molecule has 3 heterocycles. The van der Waals surface area contributed by atoms with Gasteiger partial charge in [-0.15, -0.1) is 0 Å². The average molecular weight is 550 g/mol. The summed E-state index contributed by atoms with van der Waals surface area (Å²) in [5.74, 6) is -2.10. The molecule has 12 heteroatoms. The van der Waals surface area contributed by atoms with E-state index >= 15 is 0 Å². The largest absolute Gasteiger partial charge is 0.478 e. The van der Waals surface area contributed by atoms with Gasteiger partial charge in [0.15, 0.2) is 0 Å². The van der Waals surface area contributed by atoms with E-state index in [4.69, 9.17) is 0 Å². The quantitative estimate of drug-likeness (QED) is 0.201. The zero-order valence-corrected chi connectivity index (χ0v) is 21.4. The van der Waals surface area contributed by atoms with Crippen LogP contribution in [0.25, 0.3) is 23.0 Å². The maximum absolute atomic E-state index is 13.6. The minimum absolute atomic E-state index is 0.102. The molecule has 0 bridgehead atoms. The molecule has 2 amide bonds. The molecule has 1 aliphatic rings. The van der Waals surface area contributed by atoms with Gasteiger partial charge in [-0.1, -0.05) is 6.07 Å². The lowest BCUT2D eigenvalue weighted by Gasteiger charge is -2.12. The molecule has 5 N–H and O–H groups in total. The third-order valence-corrected chi connectivity index (χ3v) is 6.54. The molecule has 9 nitrogen and oxygen atoms in total. The number of anilines is 2. The van der Waals surface area contributed by atoms with Crippen molar-refractivity contribution >= 4 is 40.8 Å². The molecular formula is C28H22F3N5O4. The van der Waals surface area contributed by atoms with Gasteiger partial charge in [0.05, 0.1) is 28.1 Å². The lowest BCUT2D eigenvalue weighted by atomic mass is 10.0. The van der Waals surface area contributed by atoms with Gasteiger partial charge in [0.25, 0.3) is 11.8 Å². The van der Waals surface area contributed by atoms with Crippen LogP contribution in [-0.4, -0.2) is 37.8 Å². The van der Waals surface area contributed by atoms with Crippen LogP contribution < -0.4 is 10.6 Å². The van der Waals surface area contributed by atoms with Crippen LogP contribution in [0, 0.1) is 20.8 Å². The van der Waals surface area contributed by atoms with E-state index in [1.54, 1.807) is 39.1 Å². The number of benzene rings is 2. The van der Waals surface area contributed by atoms with E-state index in [-0.39, 0.29) is 33.8 Å². The van der Waals surface area contributed by atoms with E-state index in [1.807, 2.05) is 0 Å². The third-order valence-electron chi connectivity index (χ3n) is 6.54. The van der Waals surface area contributed by atoms with Gasteiger partial charge >= 0.3 is 12.1 Å². The van der Waals surface area contributed by atoms with E-state index in [0.29, 0.717) is 33.9 Å². The van der Waals surface area contributed by atoms with Gasteiger partial charge in [-0.25, -0.2) is 9.78 Å². The first-order valence-corrected chi connectivity index (χ1v) is 12.0. The molecule has 0 atom stereocenters. The molecule has 0 saturated carbocycles. The van der Waals surface area contributed by atoms with Gasteiger partial charge in [0.1, 0.15) is 5.82 Å². The summed E-state index contributed by atoms with van der Waals surface area (Å²) in [5.41, 5.74) is 2.41. The number of nitrogens with one attached hydrogen (secondary N) is 4. The number of imidazole rings is 1. The molecule has 40 heavy (non-hydrogen) atoms. The number of halogens is 3. The van der Waals surface area contributed by atoms with Crippen LogP contribution in [0.1, 0.15) is 54.5 Å². The van der Waals surface area contributed by atoms with Crippen molar-refractivity contribution in [2.24, 2.45) is 0 Å². The fourth-order valence-corrected chi connectivity index (χ4v) is 4.62. The van der Waals surface area contributed by atoms with E-state index in [2.05, 4.69) is 25.6 Å². The first-order chi connectivity index (χ1) is 18.8. The van der Waals surface area contributed by atoms with Crippen molar-refractivity contribution in [3.05, 3.63) is 87.5 Å². The van der Waals surface area contributed by atoms with Gasteiger partial charge < -0.3 is 25.7 Å². The van der Waals surface area contributed by atoms with Crippen LogP contribution in [0.2, 0.25) is 0 Å². The zero-order chi connectivity index (χ0) is 28.9. The number of amides is 2. The Labute approximate surface area is 225 Å². The van der Waals surface area contributed by atoms with Crippen LogP contribution >= 0.6 is 0 Å². The Bertz CT molecular complexity index is 1750. The molecule has 0 unspecified atom stereocenters. The second-order valence-electron chi connectivity index (χ2n) is 9.38. The Hall–Kier alpha value is -5.13. The van der Waals surface area contributed by atoms with E-state index in [0.717, 1.165) is 12.1 Å². The minimum Gasteiger partial charge on any atom is -0.478 e. The summed E-state index contributed by atoms with van der Waals surface area (Å²) < 4.78 is 40.8. The Kier molecular flexibility index (Phi) is 6.33. The van der Waals surface area contributed by atoms with Crippen molar-refractivity contribution in [2.75, 3.05) is 10.6 Å². The third kappa shape index (κ3) is 4.86. The first-order valence-electron chi connectivity index (χ1n) is 12.0. The number of hydrogen-bond donors (Lipinski definition) is 5. The highest BCUT2D eigenvalue weighted by atomic mass is 19.4. The first kappa shape index (κ1) is 26.5. The number of carboxylic acid groups (broad SMARTS) is 1. The van der Waals surface area contributed by atoms with Crippen LogP contribution in [-0.2, 0) is 11.0 Å². The van der Waals surface area contributed by atoms with Crippen molar-refractivity contribution in [3.63, 3.8) is 0 Å². The highest BCUT2D eigenvalue weighted by molar-refractivity contribution is 6.35. The number of hydrogen-bond acceptors (Lipinski definition) is 4. The number of aryl methyl sites for hydroxylation is 2. The fraction of sp³-hybridized carbons (Fsp3) is 0.143. The van der Waals surface area contributed by atoms with Crippen LogP contribution in [0.3, 0.4) is 0 Å². The Morgan fingerprint density at radius 3 is 2.45 bits per heavy atom. The summed E-state index contributed by atoms with van der Waals surface area (Å²) in [6, 6.07) is 7.58. The zero-order valence-electron chi connectivity index (χ0n) is 21.4. The highest BCUT2D eigenvalue weighted by Gasteiger charge is 2.32. The second kappa shape index (κ2) is 9.56. The molecule has 0 saturated heterocycles. The van der Waals surface area contributed by atoms with Gasteiger partial charge in [-0.2, -0.15) is 13.2 Å². The lowest BCUT2D eigenvalue weighted by Crippen LogP contribution is -2.14. The van der Waals surface area contributed by atoms with E-state index in [9.17, 15) is 32.7 Å². The summed E-state index contributed by atoms with van der Waals surface area (Å²) >= 11 is 0. The number of carboxylic acids is 1. The van der Waals surface area contributed by atoms with E-state index in [1.165, 1.54) is 18.2 Å². The number of aromatic nitrogens is 3. The summed E-state index contributed by atoms with van der Waals surface area (Å²) in [7, 11) is 0. The number of carbonyl (C=O) groups is 3. The van der Waals surface area contributed by atoms with Gasteiger partial charge in [-0.05, 0) is 62.7 Å². The van der Waals surface area contributed by atoms with Crippen molar-refractivity contribution < 1.29 is 32.7 Å². The average Bonchev–Trinajstić information content (AvgIpc) is 3.53. The summed E-state index contributed by atoms with van der Waals surface area (Å²) in [5, 5.41) is 14.7. The van der Waals surface area contributed by atoms with Gasteiger partial charge in [0.2, 0.25) is 0 Å². The topological polar surface area (TPSA) is 140 Å². The predicted octanol–water partition coefficient (Wildman–Crippen LogP) is 5.79. The second-order valence-corrected chi connectivity index (χ2v) is 9.38. The molecule has 0 radical (unpaired) electrons. The standard InChI is InChI=1S/C28H22F3N5O4/c1-12-11-32-24(33-12)15-6-16(8-17(7-15)28(29,30)31)25(37)35-18-4-5-19-20(26(38)36-22(19)9-18)10-21-13(2)23(27(39)40)14(3)34-21/h4-11,34H,1-3H3,(H,32,33)(H,35,37)(H,36,38)(H,39,40). The summed E-state index contributed by atoms with van der Waals surface area (Å²) in [4.78, 5) is 47.2. The number of H-pyrrole nitrogens is 2. The Morgan fingerprint density at radius 2 is 1.82 bits per heavy atom. The monoisotopic (exact) mass is 549 g/mol. The minimum atomic E-state index is -4.69. The molecule has 0 aliphatic carbocycles. The smallest absolute Gasteiger partial charge is 0.416 e. The van der Waals surface area contributed by atoms with Crippen molar-refractivity contribution in [3.8, 4) is 11.4 Å². The summed E-state index contributed by atoms with van der Waals surface area (Å²) in [6.07, 6.45) is -1.59. The molecule has 0 spiro atoms. The number of aromatic carboxylic acids is 1. The molecule has 5 rings (SSSR count). The van der Waals surface area contributed by atoms with Crippen LogP contribution in [0.15, 0.2) is 42.6 Å². The Balaban J connectivity index is 1.44. The number of carbonyl (C=O) groups excluding carboxylic acids is 2.